The quantitative estimate of drug-likeness (QED) is 0.313. The van der Waals surface area contributed by atoms with E-state index in [2.05, 4.69) is 5.32 Å². The molecule has 0 bridgehead atoms. The number of carbonyl (C=O) groups excluding carboxylic acids is 2. The van der Waals surface area contributed by atoms with Crippen molar-refractivity contribution >= 4 is 34.7 Å². The van der Waals surface area contributed by atoms with Crippen LogP contribution in [0.25, 0.3) is 0 Å². The molecular weight excluding hydrogens is 498 g/mol. The van der Waals surface area contributed by atoms with Gasteiger partial charge in [-0.2, -0.15) is 0 Å². The zero-order valence-corrected chi connectivity index (χ0v) is 21.3. The minimum atomic E-state index is -1.08. The summed E-state index contributed by atoms with van der Waals surface area (Å²) < 4.78 is 0. The van der Waals surface area contributed by atoms with E-state index in [0.29, 0.717) is 34.6 Å². The predicted octanol–water partition coefficient (Wildman–Crippen LogP) is 5.67. The molecule has 2 atom stereocenters. The van der Waals surface area contributed by atoms with Crippen molar-refractivity contribution in [2.24, 2.45) is 0 Å². The smallest absolute Gasteiger partial charge is 0.303 e. The van der Waals surface area contributed by atoms with Gasteiger partial charge in [0, 0.05) is 36.2 Å². The summed E-state index contributed by atoms with van der Waals surface area (Å²) in [6.45, 7) is 1.95. The van der Waals surface area contributed by atoms with Crippen molar-refractivity contribution in [2.45, 2.75) is 44.6 Å². The lowest BCUT2D eigenvalue weighted by Crippen LogP contribution is -2.38. The third-order valence-electron chi connectivity index (χ3n) is 7.26. The molecule has 198 valence electrons. The standard InChI is InChI=1S/C30H27N3O6/c1-18-9-11-19(12-10-18)30-29-24(16-21(17-26(29)34)20-5-4-6-22(15-20)33(38)39)31-23-7-2-3-8-25(23)32(30)27(35)13-14-28(36)37/h2-12,15,21,30-31H,13-14,16-17H2,1H3,(H,36,37). The molecule has 39 heavy (non-hydrogen) atoms. The first kappa shape index (κ1) is 25.8. The molecular formula is C30H27N3O6. The Morgan fingerprint density at radius 3 is 2.46 bits per heavy atom. The minimum Gasteiger partial charge on any atom is -0.481 e. The lowest BCUT2D eigenvalue weighted by Gasteiger charge is -2.35. The number of aliphatic carboxylic acids is 1. The molecule has 0 spiro atoms. The molecule has 2 aliphatic rings. The molecule has 0 fully saturated rings. The van der Waals surface area contributed by atoms with Crippen LogP contribution in [0.1, 0.15) is 54.3 Å². The number of anilines is 2. The van der Waals surface area contributed by atoms with Crippen molar-refractivity contribution in [2.75, 3.05) is 10.2 Å². The van der Waals surface area contributed by atoms with Crippen LogP contribution in [0, 0.1) is 17.0 Å². The summed E-state index contributed by atoms with van der Waals surface area (Å²) >= 11 is 0. The van der Waals surface area contributed by atoms with Crippen molar-refractivity contribution in [3.05, 3.63) is 111 Å². The van der Waals surface area contributed by atoms with Crippen LogP contribution in [0.15, 0.2) is 84.1 Å². The molecule has 2 unspecified atom stereocenters. The lowest BCUT2D eigenvalue weighted by atomic mass is 9.78. The van der Waals surface area contributed by atoms with E-state index in [1.165, 1.54) is 12.1 Å². The van der Waals surface area contributed by atoms with Gasteiger partial charge in [-0.05, 0) is 42.5 Å². The van der Waals surface area contributed by atoms with Crippen LogP contribution in [0.2, 0.25) is 0 Å². The number of amides is 1. The van der Waals surface area contributed by atoms with E-state index in [1.807, 2.05) is 43.3 Å². The highest BCUT2D eigenvalue weighted by Crippen LogP contribution is 2.47. The van der Waals surface area contributed by atoms with Crippen LogP contribution >= 0.6 is 0 Å². The largest absolute Gasteiger partial charge is 0.481 e. The summed E-state index contributed by atoms with van der Waals surface area (Å²) in [4.78, 5) is 51.4. The van der Waals surface area contributed by atoms with Crippen LogP contribution in [-0.2, 0) is 14.4 Å². The molecule has 2 N–H and O–H groups in total. The summed E-state index contributed by atoms with van der Waals surface area (Å²) in [5, 5.41) is 24.0. The van der Waals surface area contributed by atoms with Gasteiger partial charge in [0.05, 0.1) is 28.8 Å². The van der Waals surface area contributed by atoms with Crippen molar-refractivity contribution in [1.29, 1.82) is 0 Å². The van der Waals surface area contributed by atoms with Crippen molar-refractivity contribution in [1.82, 2.24) is 0 Å². The Morgan fingerprint density at radius 1 is 1.00 bits per heavy atom. The van der Waals surface area contributed by atoms with E-state index in [4.69, 9.17) is 0 Å². The molecule has 1 aliphatic carbocycles. The van der Waals surface area contributed by atoms with E-state index in [1.54, 1.807) is 29.2 Å². The molecule has 0 aromatic heterocycles. The number of carboxylic acids is 1. The number of non-ortho nitro benzene ring substituents is 1. The molecule has 5 rings (SSSR count). The van der Waals surface area contributed by atoms with E-state index < -0.39 is 22.8 Å². The number of rotatable bonds is 6. The topological polar surface area (TPSA) is 130 Å². The van der Waals surface area contributed by atoms with Crippen LogP contribution < -0.4 is 10.2 Å². The van der Waals surface area contributed by atoms with Gasteiger partial charge in [0.15, 0.2) is 5.78 Å². The van der Waals surface area contributed by atoms with Crippen molar-refractivity contribution in [3.63, 3.8) is 0 Å². The van der Waals surface area contributed by atoms with Crippen LogP contribution in [0.3, 0.4) is 0 Å². The number of nitrogens with one attached hydrogen (secondary N) is 1. The molecule has 9 heteroatoms. The van der Waals surface area contributed by atoms with Gasteiger partial charge >= 0.3 is 5.97 Å². The van der Waals surface area contributed by atoms with E-state index >= 15 is 0 Å². The van der Waals surface area contributed by atoms with Gasteiger partial charge in [0.2, 0.25) is 5.91 Å². The molecule has 1 aliphatic heterocycles. The summed E-state index contributed by atoms with van der Waals surface area (Å²) in [5.41, 5.74) is 4.68. The van der Waals surface area contributed by atoms with Crippen molar-refractivity contribution < 1.29 is 24.4 Å². The van der Waals surface area contributed by atoms with Gasteiger partial charge in [-0.15, -0.1) is 0 Å². The highest BCUT2D eigenvalue weighted by molar-refractivity contribution is 6.06. The number of carboxylic acid groups (broad SMARTS) is 1. The second kappa shape index (κ2) is 10.5. The number of Topliss-reactive ketones (excluding diaryl/α,β-unsaturated/α-hetero) is 1. The third-order valence-corrected chi connectivity index (χ3v) is 7.26. The molecule has 1 heterocycles. The molecule has 1 amide bonds. The number of benzene rings is 3. The Labute approximate surface area is 224 Å². The molecule has 0 saturated heterocycles. The van der Waals surface area contributed by atoms with E-state index in [9.17, 15) is 29.6 Å². The zero-order chi connectivity index (χ0) is 27.7. The van der Waals surface area contributed by atoms with Gasteiger partial charge in [-0.3, -0.25) is 29.4 Å². The maximum atomic E-state index is 14.0. The van der Waals surface area contributed by atoms with E-state index in [-0.39, 0.29) is 36.7 Å². The number of aryl methyl sites for hydroxylation is 1. The number of hydrogen-bond donors (Lipinski definition) is 2. The molecule has 0 radical (unpaired) electrons. The van der Waals surface area contributed by atoms with E-state index in [0.717, 1.165) is 11.1 Å². The fourth-order valence-electron chi connectivity index (χ4n) is 5.39. The van der Waals surface area contributed by atoms with Gasteiger partial charge in [-0.1, -0.05) is 54.1 Å². The SMILES string of the molecule is Cc1ccc(C2C3=C(CC(c4cccc([N+](=O)[O-])c4)CC3=O)Nc3ccccc3N2C(=O)CCC(=O)O)cc1. The molecule has 3 aromatic rings. The molecule has 9 nitrogen and oxygen atoms in total. The van der Waals surface area contributed by atoms with Crippen LogP contribution in [0.4, 0.5) is 17.1 Å². The predicted molar refractivity (Wildman–Crippen MR) is 145 cm³/mol. The van der Waals surface area contributed by atoms with Gasteiger partial charge in [0.25, 0.3) is 5.69 Å². The van der Waals surface area contributed by atoms with Gasteiger partial charge < -0.3 is 10.4 Å². The number of allylic oxidation sites excluding steroid dienone is 1. The summed E-state index contributed by atoms with van der Waals surface area (Å²) in [5.74, 6) is -1.94. The second-order valence-corrected chi connectivity index (χ2v) is 9.89. The zero-order valence-electron chi connectivity index (χ0n) is 21.3. The first-order chi connectivity index (χ1) is 18.7. The number of hydrogen-bond acceptors (Lipinski definition) is 6. The Balaban J connectivity index is 1.66. The number of ketones is 1. The Hall–Kier alpha value is -4.79. The summed E-state index contributed by atoms with van der Waals surface area (Å²) in [6, 6.07) is 20.4. The number of carbonyl (C=O) groups is 3. The number of para-hydroxylation sites is 2. The third kappa shape index (κ3) is 5.16. The van der Waals surface area contributed by atoms with Gasteiger partial charge in [-0.25, -0.2) is 0 Å². The molecule has 0 saturated carbocycles. The number of nitro groups is 1. The Kier molecular flexibility index (Phi) is 6.98. The first-order valence-electron chi connectivity index (χ1n) is 12.7. The average molecular weight is 526 g/mol. The minimum absolute atomic E-state index is 0.0355. The van der Waals surface area contributed by atoms with Crippen LogP contribution in [0.5, 0.6) is 0 Å². The second-order valence-electron chi connectivity index (χ2n) is 9.89. The summed E-state index contributed by atoms with van der Waals surface area (Å²) in [6.07, 6.45) is -0.0208. The lowest BCUT2D eigenvalue weighted by molar-refractivity contribution is -0.384. The highest BCUT2D eigenvalue weighted by atomic mass is 16.6. The van der Waals surface area contributed by atoms with Crippen LogP contribution in [-0.4, -0.2) is 27.7 Å². The van der Waals surface area contributed by atoms with Crippen molar-refractivity contribution in [3.8, 4) is 0 Å². The Morgan fingerprint density at radius 2 is 1.74 bits per heavy atom. The highest BCUT2D eigenvalue weighted by Gasteiger charge is 2.41. The molecule has 3 aromatic carbocycles. The maximum absolute atomic E-state index is 14.0. The normalized spacial score (nSPS) is 18.5. The maximum Gasteiger partial charge on any atom is 0.303 e. The number of nitro benzene ring substituents is 1. The fraction of sp³-hybridized carbons (Fsp3) is 0.233. The average Bonchev–Trinajstić information content (AvgIpc) is 3.07. The number of nitrogens with zero attached hydrogens (tertiary/aromatic N) is 2. The first-order valence-corrected chi connectivity index (χ1v) is 12.7. The summed E-state index contributed by atoms with van der Waals surface area (Å²) in [7, 11) is 0. The fourth-order valence-corrected chi connectivity index (χ4v) is 5.39. The van der Waals surface area contributed by atoms with Gasteiger partial charge in [0.1, 0.15) is 0 Å². The monoisotopic (exact) mass is 525 g/mol. The Bertz CT molecular complexity index is 1510. The number of fused-ring (bicyclic) bond motifs is 1.